The molecule has 1 aliphatic rings. The minimum atomic E-state index is -0.0482. The largest absolute Gasteiger partial charge is 0.494 e. The SMILES string of the molecule is CCCCCOc1ccc(C(=O)NC2CCC(Oc3ncc(Cl)cn3)CC2)cc1. The quantitative estimate of drug-likeness (QED) is 0.592. The van der Waals surface area contributed by atoms with Crippen LogP contribution < -0.4 is 14.8 Å². The zero-order valence-corrected chi connectivity index (χ0v) is 17.5. The number of benzene rings is 1. The second-order valence-electron chi connectivity index (χ2n) is 7.33. The first-order chi connectivity index (χ1) is 14.1. The molecule has 1 saturated carbocycles. The standard InChI is InChI=1S/C22H28ClN3O3/c1-2-3-4-13-28-19-9-5-16(6-10-19)21(27)26-18-7-11-20(12-8-18)29-22-24-14-17(23)15-25-22/h5-6,9-10,14-15,18,20H,2-4,7-8,11-13H2,1H3,(H,26,27). The first kappa shape index (κ1) is 21.4. The van der Waals surface area contributed by atoms with Crippen LogP contribution in [0.1, 0.15) is 62.2 Å². The van der Waals surface area contributed by atoms with Gasteiger partial charge in [-0.1, -0.05) is 31.4 Å². The van der Waals surface area contributed by atoms with Crippen molar-refractivity contribution in [1.29, 1.82) is 0 Å². The fourth-order valence-corrected chi connectivity index (χ4v) is 3.45. The molecule has 1 N–H and O–H groups in total. The van der Waals surface area contributed by atoms with Gasteiger partial charge in [-0.15, -0.1) is 0 Å². The van der Waals surface area contributed by atoms with Gasteiger partial charge in [0.2, 0.25) is 0 Å². The minimum Gasteiger partial charge on any atom is -0.494 e. The molecular weight excluding hydrogens is 390 g/mol. The Hall–Kier alpha value is -2.34. The summed E-state index contributed by atoms with van der Waals surface area (Å²) in [6, 6.07) is 7.85. The molecular formula is C22H28ClN3O3. The Morgan fingerprint density at radius 2 is 1.79 bits per heavy atom. The summed E-state index contributed by atoms with van der Waals surface area (Å²) in [7, 11) is 0. The van der Waals surface area contributed by atoms with E-state index in [1.54, 1.807) is 0 Å². The summed E-state index contributed by atoms with van der Waals surface area (Å²) < 4.78 is 11.5. The summed E-state index contributed by atoms with van der Waals surface area (Å²) in [6.45, 7) is 2.88. The Labute approximate surface area is 177 Å². The van der Waals surface area contributed by atoms with E-state index in [0.717, 1.165) is 37.9 Å². The minimum absolute atomic E-state index is 0.0482. The van der Waals surface area contributed by atoms with Gasteiger partial charge in [0.05, 0.1) is 24.0 Å². The molecule has 0 radical (unpaired) electrons. The van der Waals surface area contributed by atoms with Crippen molar-refractivity contribution < 1.29 is 14.3 Å². The average Bonchev–Trinajstić information content (AvgIpc) is 2.75. The first-order valence-corrected chi connectivity index (χ1v) is 10.7. The summed E-state index contributed by atoms with van der Waals surface area (Å²) in [6.07, 6.45) is 9.93. The highest BCUT2D eigenvalue weighted by atomic mass is 35.5. The molecule has 1 fully saturated rings. The van der Waals surface area contributed by atoms with E-state index in [1.165, 1.54) is 25.2 Å². The molecule has 1 aliphatic carbocycles. The van der Waals surface area contributed by atoms with Crippen molar-refractivity contribution in [2.75, 3.05) is 6.61 Å². The lowest BCUT2D eigenvalue weighted by Crippen LogP contribution is -2.39. The lowest BCUT2D eigenvalue weighted by atomic mass is 9.92. The molecule has 0 spiro atoms. The normalized spacial score (nSPS) is 18.8. The molecule has 2 aromatic rings. The summed E-state index contributed by atoms with van der Waals surface area (Å²) in [4.78, 5) is 20.7. The maximum Gasteiger partial charge on any atom is 0.316 e. The number of hydrogen-bond donors (Lipinski definition) is 1. The topological polar surface area (TPSA) is 73.3 Å². The molecule has 3 rings (SSSR count). The molecule has 0 saturated heterocycles. The van der Waals surface area contributed by atoms with Crippen molar-refractivity contribution in [1.82, 2.24) is 15.3 Å². The van der Waals surface area contributed by atoms with E-state index in [4.69, 9.17) is 21.1 Å². The number of amides is 1. The number of nitrogens with one attached hydrogen (secondary N) is 1. The third-order valence-corrected chi connectivity index (χ3v) is 5.21. The number of aromatic nitrogens is 2. The fraction of sp³-hybridized carbons (Fsp3) is 0.500. The van der Waals surface area contributed by atoms with Gasteiger partial charge >= 0.3 is 6.01 Å². The Kier molecular flexibility index (Phi) is 8.11. The lowest BCUT2D eigenvalue weighted by molar-refractivity contribution is 0.0885. The van der Waals surface area contributed by atoms with Gasteiger partial charge in [0, 0.05) is 11.6 Å². The van der Waals surface area contributed by atoms with Crippen LogP contribution >= 0.6 is 11.6 Å². The number of carbonyl (C=O) groups excluding carboxylic acids is 1. The van der Waals surface area contributed by atoms with Crippen LogP contribution in [0.5, 0.6) is 11.8 Å². The summed E-state index contributed by atoms with van der Waals surface area (Å²) in [5.74, 6) is 0.757. The molecule has 7 heteroatoms. The van der Waals surface area contributed by atoms with E-state index in [0.29, 0.717) is 23.2 Å². The molecule has 1 amide bonds. The molecule has 0 unspecified atom stereocenters. The second-order valence-corrected chi connectivity index (χ2v) is 7.77. The van der Waals surface area contributed by atoms with Crippen LogP contribution in [0.3, 0.4) is 0 Å². The Morgan fingerprint density at radius 1 is 1.10 bits per heavy atom. The maximum atomic E-state index is 12.5. The van der Waals surface area contributed by atoms with Crippen LogP contribution in [-0.2, 0) is 0 Å². The van der Waals surface area contributed by atoms with Crippen LogP contribution in [0.4, 0.5) is 0 Å². The van der Waals surface area contributed by atoms with Crippen molar-refractivity contribution in [2.45, 2.75) is 64.0 Å². The van der Waals surface area contributed by atoms with Gasteiger partial charge in [-0.3, -0.25) is 4.79 Å². The average molecular weight is 418 g/mol. The van der Waals surface area contributed by atoms with E-state index >= 15 is 0 Å². The van der Waals surface area contributed by atoms with E-state index in [-0.39, 0.29) is 18.1 Å². The number of halogens is 1. The van der Waals surface area contributed by atoms with Crippen molar-refractivity contribution in [3.8, 4) is 11.8 Å². The van der Waals surface area contributed by atoms with Crippen LogP contribution in [-0.4, -0.2) is 34.6 Å². The maximum absolute atomic E-state index is 12.5. The molecule has 156 valence electrons. The van der Waals surface area contributed by atoms with Crippen LogP contribution in [0.25, 0.3) is 0 Å². The molecule has 1 heterocycles. The van der Waals surface area contributed by atoms with E-state index in [9.17, 15) is 4.79 Å². The van der Waals surface area contributed by atoms with Crippen LogP contribution in [0.2, 0.25) is 5.02 Å². The molecule has 1 aromatic heterocycles. The van der Waals surface area contributed by atoms with Gasteiger partial charge in [-0.05, 0) is 56.4 Å². The fourth-order valence-electron chi connectivity index (χ4n) is 3.35. The van der Waals surface area contributed by atoms with Gasteiger partial charge in [0.25, 0.3) is 5.91 Å². The summed E-state index contributed by atoms with van der Waals surface area (Å²) in [5, 5.41) is 3.61. The zero-order valence-electron chi connectivity index (χ0n) is 16.8. The molecule has 1 aromatic carbocycles. The van der Waals surface area contributed by atoms with Gasteiger partial charge in [0.15, 0.2) is 0 Å². The van der Waals surface area contributed by atoms with Crippen molar-refractivity contribution in [3.05, 3.63) is 47.2 Å². The van der Waals surface area contributed by atoms with Gasteiger partial charge in [0.1, 0.15) is 11.9 Å². The lowest BCUT2D eigenvalue weighted by Gasteiger charge is -2.28. The highest BCUT2D eigenvalue weighted by Crippen LogP contribution is 2.23. The van der Waals surface area contributed by atoms with Crippen molar-refractivity contribution in [2.24, 2.45) is 0 Å². The van der Waals surface area contributed by atoms with Crippen LogP contribution in [0.15, 0.2) is 36.7 Å². The number of hydrogen-bond acceptors (Lipinski definition) is 5. The zero-order chi connectivity index (χ0) is 20.5. The number of carbonyl (C=O) groups is 1. The summed E-state index contributed by atoms with van der Waals surface area (Å²) >= 11 is 5.79. The monoisotopic (exact) mass is 417 g/mol. The highest BCUT2D eigenvalue weighted by Gasteiger charge is 2.24. The molecule has 29 heavy (non-hydrogen) atoms. The third-order valence-electron chi connectivity index (χ3n) is 5.01. The predicted molar refractivity (Wildman–Crippen MR) is 113 cm³/mol. The molecule has 0 atom stereocenters. The number of ether oxygens (including phenoxy) is 2. The predicted octanol–water partition coefficient (Wildman–Crippen LogP) is 4.82. The summed E-state index contributed by atoms with van der Waals surface area (Å²) in [5.41, 5.74) is 0.652. The smallest absolute Gasteiger partial charge is 0.316 e. The van der Waals surface area contributed by atoms with E-state index < -0.39 is 0 Å². The van der Waals surface area contributed by atoms with Crippen LogP contribution in [0, 0.1) is 0 Å². The van der Waals surface area contributed by atoms with Gasteiger partial charge in [-0.2, -0.15) is 0 Å². The Balaban J connectivity index is 1.40. The third kappa shape index (κ3) is 6.89. The second kappa shape index (κ2) is 11.0. The van der Waals surface area contributed by atoms with Crippen molar-refractivity contribution in [3.63, 3.8) is 0 Å². The van der Waals surface area contributed by atoms with E-state index in [1.807, 2.05) is 24.3 Å². The first-order valence-electron chi connectivity index (χ1n) is 10.3. The number of unbranched alkanes of at least 4 members (excludes halogenated alkanes) is 2. The highest BCUT2D eigenvalue weighted by molar-refractivity contribution is 6.30. The van der Waals surface area contributed by atoms with Gasteiger partial charge in [-0.25, -0.2) is 9.97 Å². The number of rotatable bonds is 9. The molecule has 6 nitrogen and oxygen atoms in total. The number of nitrogens with zero attached hydrogens (tertiary/aromatic N) is 2. The van der Waals surface area contributed by atoms with Crippen molar-refractivity contribution >= 4 is 17.5 Å². The Bertz CT molecular complexity index is 760. The molecule has 0 aliphatic heterocycles. The Morgan fingerprint density at radius 3 is 2.45 bits per heavy atom. The van der Waals surface area contributed by atoms with Gasteiger partial charge < -0.3 is 14.8 Å². The molecule has 0 bridgehead atoms. The van der Waals surface area contributed by atoms with E-state index in [2.05, 4.69) is 22.2 Å².